The number of carboxylic acids is 1. The minimum atomic E-state index is -0.951. The number of terminal acetylenes is 1. The number of Topliss-reactive ketones (excluding diaryl/α,β-unsaturated/α-hetero) is 1. The van der Waals surface area contributed by atoms with E-state index in [-0.39, 0.29) is 11.3 Å². The predicted molar refractivity (Wildman–Crippen MR) is 97.9 cm³/mol. The van der Waals surface area contributed by atoms with Crippen molar-refractivity contribution in [2.75, 3.05) is 6.54 Å². The highest BCUT2D eigenvalue weighted by Crippen LogP contribution is 2.14. The van der Waals surface area contributed by atoms with Gasteiger partial charge in [-0.15, -0.1) is 12.3 Å². The maximum absolute atomic E-state index is 11.8. The van der Waals surface area contributed by atoms with Crippen LogP contribution < -0.4 is 5.73 Å². The Kier molecular flexibility index (Phi) is 10.6. The van der Waals surface area contributed by atoms with Crippen molar-refractivity contribution < 1.29 is 14.7 Å². The highest BCUT2D eigenvalue weighted by Gasteiger charge is 2.07. The van der Waals surface area contributed by atoms with E-state index in [1.54, 1.807) is 37.3 Å². The highest BCUT2D eigenvalue weighted by atomic mass is 16.4. The van der Waals surface area contributed by atoms with Crippen LogP contribution in [0.15, 0.2) is 42.0 Å². The molecule has 0 spiro atoms. The van der Waals surface area contributed by atoms with E-state index < -0.39 is 5.97 Å². The standard InChI is InChI=1S/C17H21NO3.C3H4/c1-3-16(19)13(5-4-10-18)8-9-14-11-15(17(20)21)7-6-12(14)2;1-3-2/h4-8,11H,3,9-10,18H2,1-2H3,(H,20,21);1H,2H3/b5-4-,13-8+;. The van der Waals surface area contributed by atoms with Crippen molar-refractivity contribution in [2.24, 2.45) is 5.73 Å². The summed E-state index contributed by atoms with van der Waals surface area (Å²) in [5, 5.41) is 9.03. The van der Waals surface area contributed by atoms with Gasteiger partial charge in [0.05, 0.1) is 5.56 Å². The SMILES string of the molecule is C#CC.CCC(=O)C(/C=C\CN)=C/Cc1cc(C(=O)O)ccc1C. The molecular formula is C20H25NO3. The summed E-state index contributed by atoms with van der Waals surface area (Å²) in [6, 6.07) is 5.01. The Bertz CT molecular complexity index is 664. The number of benzene rings is 1. The molecule has 0 fully saturated rings. The van der Waals surface area contributed by atoms with E-state index in [4.69, 9.17) is 10.8 Å². The molecule has 0 bridgehead atoms. The maximum atomic E-state index is 11.8. The second kappa shape index (κ2) is 11.9. The minimum absolute atomic E-state index is 0.0479. The predicted octanol–water partition coefficient (Wildman–Crippen LogP) is 3.30. The van der Waals surface area contributed by atoms with Crippen LogP contribution in [-0.4, -0.2) is 23.4 Å². The lowest BCUT2D eigenvalue weighted by Gasteiger charge is -2.06. The molecule has 24 heavy (non-hydrogen) atoms. The third-order valence-electron chi connectivity index (χ3n) is 3.21. The molecule has 0 saturated carbocycles. The normalized spacial score (nSPS) is 10.7. The maximum Gasteiger partial charge on any atom is 0.335 e. The average Bonchev–Trinajstić information content (AvgIpc) is 2.56. The van der Waals surface area contributed by atoms with Crippen molar-refractivity contribution in [3.05, 3.63) is 58.7 Å². The van der Waals surface area contributed by atoms with Gasteiger partial charge in [0.2, 0.25) is 0 Å². The fraction of sp³-hybridized carbons (Fsp3) is 0.300. The first kappa shape index (κ1) is 21.4. The van der Waals surface area contributed by atoms with Crippen LogP contribution in [0.5, 0.6) is 0 Å². The molecule has 1 aromatic rings. The van der Waals surface area contributed by atoms with E-state index in [0.717, 1.165) is 11.1 Å². The van der Waals surface area contributed by atoms with E-state index in [9.17, 15) is 9.59 Å². The number of ketones is 1. The van der Waals surface area contributed by atoms with Gasteiger partial charge in [-0.25, -0.2) is 4.79 Å². The second-order valence-corrected chi connectivity index (χ2v) is 5.01. The van der Waals surface area contributed by atoms with E-state index in [1.165, 1.54) is 0 Å². The molecule has 0 atom stereocenters. The third kappa shape index (κ3) is 7.57. The van der Waals surface area contributed by atoms with Crippen LogP contribution in [0.4, 0.5) is 0 Å². The molecule has 0 aliphatic rings. The lowest BCUT2D eigenvalue weighted by Crippen LogP contribution is -2.02. The molecule has 0 heterocycles. The summed E-state index contributed by atoms with van der Waals surface area (Å²) in [7, 11) is 0. The van der Waals surface area contributed by atoms with E-state index in [2.05, 4.69) is 12.3 Å². The molecule has 0 amide bonds. The van der Waals surface area contributed by atoms with Crippen molar-refractivity contribution in [2.45, 2.75) is 33.6 Å². The molecule has 0 unspecified atom stereocenters. The number of hydrogen-bond acceptors (Lipinski definition) is 3. The second-order valence-electron chi connectivity index (χ2n) is 5.01. The summed E-state index contributed by atoms with van der Waals surface area (Å²) < 4.78 is 0. The van der Waals surface area contributed by atoms with Crippen molar-refractivity contribution in [1.29, 1.82) is 0 Å². The molecule has 4 heteroatoms. The van der Waals surface area contributed by atoms with E-state index in [0.29, 0.717) is 25.0 Å². The smallest absolute Gasteiger partial charge is 0.335 e. The van der Waals surface area contributed by atoms with Crippen LogP contribution >= 0.6 is 0 Å². The van der Waals surface area contributed by atoms with Crippen LogP contribution in [0, 0.1) is 19.3 Å². The van der Waals surface area contributed by atoms with E-state index in [1.807, 2.05) is 19.9 Å². The van der Waals surface area contributed by atoms with Crippen LogP contribution in [-0.2, 0) is 11.2 Å². The zero-order chi connectivity index (χ0) is 18.5. The number of nitrogens with two attached hydrogens (primary N) is 1. The number of carbonyl (C=O) groups is 2. The highest BCUT2D eigenvalue weighted by molar-refractivity contribution is 5.97. The molecule has 0 aliphatic heterocycles. The Hall–Kier alpha value is -2.64. The van der Waals surface area contributed by atoms with Gasteiger partial charge in [0.1, 0.15) is 0 Å². The Labute approximate surface area is 144 Å². The Morgan fingerprint density at radius 1 is 1.38 bits per heavy atom. The van der Waals surface area contributed by atoms with Gasteiger partial charge in [0, 0.05) is 18.5 Å². The number of carbonyl (C=O) groups excluding carboxylic acids is 1. The summed E-state index contributed by atoms with van der Waals surface area (Å²) in [5.41, 5.74) is 8.18. The number of allylic oxidation sites excluding steroid dienone is 3. The quantitative estimate of drug-likeness (QED) is 0.457. The van der Waals surface area contributed by atoms with Crippen LogP contribution in [0.1, 0.15) is 41.8 Å². The summed E-state index contributed by atoms with van der Waals surface area (Å²) >= 11 is 0. The number of hydrogen-bond donors (Lipinski definition) is 2. The molecule has 1 rings (SSSR count). The van der Waals surface area contributed by atoms with Gasteiger partial charge < -0.3 is 10.8 Å². The topological polar surface area (TPSA) is 80.4 Å². The van der Waals surface area contributed by atoms with Gasteiger partial charge in [0.25, 0.3) is 0 Å². The fourth-order valence-corrected chi connectivity index (χ4v) is 1.92. The molecule has 0 aliphatic carbocycles. The first-order valence-corrected chi connectivity index (χ1v) is 7.71. The zero-order valence-corrected chi connectivity index (χ0v) is 14.5. The monoisotopic (exact) mass is 327 g/mol. The summed E-state index contributed by atoms with van der Waals surface area (Å²) in [5.74, 6) is 1.35. The summed E-state index contributed by atoms with van der Waals surface area (Å²) in [4.78, 5) is 22.8. The van der Waals surface area contributed by atoms with E-state index >= 15 is 0 Å². The molecule has 0 radical (unpaired) electrons. The number of aromatic carboxylic acids is 1. The van der Waals surface area contributed by atoms with Crippen LogP contribution in [0.2, 0.25) is 0 Å². The third-order valence-corrected chi connectivity index (χ3v) is 3.21. The molecule has 3 N–H and O–H groups in total. The molecule has 0 aromatic heterocycles. The first-order valence-electron chi connectivity index (χ1n) is 7.71. The molecule has 0 saturated heterocycles. The van der Waals surface area contributed by atoms with Crippen molar-refractivity contribution in [3.63, 3.8) is 0 Å². The van der Waals surface area contributed by atoms with Crippen molar-refractivity contribution >= 4 is 11.8 Å². The number of aryl methyl sites for hydroxylation is 1. The Morgan fingerprint density at radius 2 is 2.00 bits per heavy atom. The first-order chi connectivity index (χ1) is 11.4. The summed E-state index contributed by atoms with van der Waals surface area (Å²) in [6.45, 7) is 5.76. The lowest BCUT2D eigenvalue weighted by atomic mass is 9.99. The van der Waals surface area contributed by atoms with Gasteiger partial charge in [-0.05, 0) is 43.5 Å². The Balaban J connectivity index is 0.00000163. The van der Waals surface area contributed by atoms with Crippen LogP contribution in [0.25, 0.3) is 0 Å². The van der Waals surface area contributed by atoms with Gasteiger partial charge in [-0.1, -0.05) is 31.2 Å². The molecule has 128 valence electrons. The molecular weight excluding hydrogens is 302 g/mol. The minimum Gasteiger partial charge on any atom is -0.478 e. The zero-order valence-electron chi connectivity index (χ0n) is 14.5. The van der Waals surface area contributed by atoms with Gasteiger partial charge in [-0.2, -0.15) is 0 Å². The Morgan fingerprint density at radius 3 is 2.50 bits per heavy atom. The average molecular weight is 327 g/mol. The lowest BCUT2D eigenvalue weighted by molar-refractivity contribution is -0.115. The number of carboxylic acid groups (broad SMARTS) is 1. The van der Waals surface area contributed by atoms with Crippen molar-refractivity contribution in [1.82, 2.24) is 0 Å². The van der Waals surface area contributed by atoms with Gasteiger partial charge >= 0.3 is 5.97 Å². The molecule has 1 aromatic carbocycles. The van der Waals surface area contributed by atoms with Gasteiger partial charge in [0.15, 0.2) is 5.78 Å². The largest absolute Gasteiger partial charge is 0.478 e. The van der Waals surface area contributed by atoms with Crippen molar-refractivity contribution in [3.8, 4) is 12.3 Å². The number of rotatable bonds is 7. The van der Waals surface area contributed by atoms with Crippen LogP contribution in [0.3, 0.4) is 0 Å². The fourth-order valence-electron chi connectivity index (χ4n) is 1.92. The van der Waals surface area contributed by atoms with Gasteiger partial charge in [-0.3, -0.25) is 4.79 Å². The molecule has 4 nitrogen and oxygen atoms in total. The summed E-state index contributed by atoms with van der Waals surface area (Å²) in [6.07, 6.45) is 10.8.